The Labute approximate surface area is 71.9 Å². The Morgan fingerprint density at radius 3 is 2.67 bits per heavy atom. The molecule has 0 radical (unpaired) electrons. The Kier molecular flexibility index (Phi) is 3.05. The van der Waals surface area contributed by atoms with Crippen molar-refractivity contribution in [1.29, 1.82) is 0 Å². The molecule has 0 saturated heterocycles. The van der Waals surface area contributed by atoms with Crippen molar-refractivity contribution in [3.8, 4) is 0 Å². The summed E-state index contributed by atoms with van der Waals surface area (Å²) in [6.45, 7) is 1.18. The fourth-order valence-electron chi connectivity index (χ4n) is 1.39. The lowest BCUT2D eigenvalue weighted by atomic mass is 9.77. The second-order valence-corrected chi connectivity index (χ2v) is 3.16. The highest BCUT2D eigenvalue weighted by atomic mass is 16.5. The highest BCUT2D eigenvalue weighted by molar-refractivity contribution is 5.79. The largest absolute Gasteiger partial charge is 0.480 e. The lowest BCUT2D eigenvalue weighted by Crippen LogP contribution is -2.57. The predicted molar refractivity (Wildman–Crippen MR) is 44.1 cm³/mol. The van der Waals surface area contributed by atoms with Crippen molar-refractivity contribution in [2.45, 2.75) is 24.8 Å². The van der Waals surface area contributed by atoms with Crippen molar-refractivity contribution < 1.29 is 14.6 Å². The second-order valence-electron chi connectivity index (χ2n) is 3.16. The van der Waals surface area contributed by atoms with Gasteiger partial charge in [-0.3, -0.25) is 10.1 Å². The predicted octanol–water partition coefficient (Wildman–Crippen LogP) is 0.230. The molecular formula is C8H15NO3. The number of ether oxygens (including phenoxy) is 1. The Morgan fingerprint density at radius 2 is 2.33 bits per heavy atom. The van der Waals surface area contributed by atoms with Gasteiger partial charge in [-0.25, -0.2) is 0 Å². The molecule has 1 aliphatic rings. The summed E-state index contributed by atoms with van der Waals surface area (Å²) >= 11 is 0. The number of aliphatic carboxylic acids is 1. The molecule has 1 aliphatic carbocycles. The number of hydrogen-bond acceptors (Lipinski definition) is 3. The fraction of sp³-hybridized carbons (Fsp3) is 0.875. The summed E-state index contributed by atoms with van der Waals surface area (Å²) in [5, 5.41) is 11.9. The third-order valence-electron chi connectivity index (χ3n) is 2.39. The second kappa shape index (κ2) is 3.87. The number of hydrogen-bond donors (Lipinski definition) is 2. The smallest absolute Gasteiger partial charge is 0.323 e. The van der Waals surface area contributed by atoms with Crippen molar-refractivity contribution in [3.63, 3.8) is 0 Å². The lowest BCUT2D eigenvalue weighted by Gasteiger charge is -2.38. The first-order chi connectivity index (χ1) is 5.71. The van der Waals surface area contributed by atoms with E-state index in [1.807, 2.05) is 0 Å². The van der Waals surface area contributed by atoms with E-state index in [0.717, 1.165) is 19.3 Å². The molecule has 0 unspecified atom stereocenters. The van der Waals surface area contributed by atoms with Crippen LogP contribution in [0.5, 0.6) is 0 Å². The normalized spacial score (nSPS) is 20.1. The van der Waals surface area contributed by atoms with E-state index in [9.17, 15) is 4.79 Å². The summed E-state index contributed by atoms with van der Waals surface area (Å²) in [7, 11) is 1.61. The molecule has 4 heteroatoms. The quantitative estimate of drug-likeness (QED) is 0.584. The molecule has 0 aromatic heterocycles. The van der Waals surface area contributed by atoms with Gasteiger partial charge in [0.15, 0.2) is 0 Å². The third-order valence-corrected chi connectivity index (χ3v) is 2.39. The highest BCUT2D eigenvalue weighted by Gasteiger charge is 2.43. The molecule has 1 fully saturated rings. The molecule has 12 heavy (non-hydrogen) atoms. The first kappa shape index (κ1) is 9.48. The Bertz CT molecular complexity index is 166. The number of methoxy groups -OCH3 is 1. The van der Waals surface area contributed by atoms with E-state index in [0.29, 0.717) is 13.2 Å². The third kappa shape index (κ3) is 1.76. The van der Waals surface area contributed by atoms with Gasteiger partial charge in [-0.2, -0.15) is 0 Å². The fourth-order valence-corrected chi connectivity index (χ4v) is 1.39. The van der Waals surface area contributed by atoms with E-state index in [-0.39, 0.29) is 0 Å². The molecule has 1 rings (SSSR count). The molecule has 0 atom stereocenters. The molecular weight excluding hydrogens is 158 g/mol. The number of carboxylic acid groups (broad SMARTS) is 1. The molecule has 4 nitrogen and oxygen atoms in total. The van der Waals surface area contributed by atoms with Crippen LogP contribution in [0, 0.1) is 0 Å². The van der Waals surface area contributed by atoms with Crippen LogP contribution in [0.25, 0.3) is 0 Å². The van der Waals surface area contributed by atoms with Crippen LogP contribution in [0.1, 0.15) is 19.3 Å². The summed E-state index contributed by atoms with van der Waals surface area (Å²) in [6.07, 6.45) is 2.49. The van der Waals surface area contributed by atoms with E-state index >= 15 is 0 Å². The zero-order chi connectivity index (χ0) is 9.03. The van der Waals surface area contributed by atoms with Gasteiger partial charge in [0.25, 0.3) is 0 Å². The van der Waals surface area contributed by atoms with Gasteiger partial charge in [0.1, 0.15) is 5.54 Å². The number of carbonyl (C=O) groups is 1. The zero-order valence-corrected chi connectivity index (χ0v) is 7.30. The summed E-state index contributed by atoms with van der Waals surface area (Å²) in [4.78, 5) is 10.8. The van der Waals surface area contributed by atoms with Gasteiger partial charge in [-0.1, -0.05) is 0 Å². The van der Waals surface area contributed by atoms with Crippen molar-refractivity contribution in [2.24, 2.45) is 0 Å². The standard InChI is InChI=1S/C8H15NO3/c1-12-6-5-9-8(7(10)11)3-2-4-8/h9H,2-6H2,1H3,(H,10,11). The van der Waals surface area contributed by atoms with Crippen LogP contribution < -0.4 is 5.32 Å². The summed E-state index contributed by atoms with van der Waals surface area (Å²) < 4.78 is 4.83. The molecule has 1 saturated carbocycles. The van der Waals surface area contributed by atoms with E-state index in [1.54, 1.807) is 7.11 Å². The van der Waals surface area contributed by atoms with E-state index in [4.69, 9.17) is 9.84 Å². The monoisotopic (exact) mass is 173 g/mol. The van der Waals surface area contributed by atoms with Gasteiger partial charge in [-0.15, -0.1) is 0 Å². The van der Waals surface area contributed by atoms with Crippen LogP contribution in [-0.2, 0) is 9.53 Å². The van der Waals surface area contributed by atoms with E-state index < -0.39 is 11.5 Å². The number of nitrogens with one attached hydrogen (secondary N) is 1. The van der Waals surface area contributed by atoms with Crippen LogP contribution in [0.2, 0.25) is 0 Å². The van der Waals surface area contributed by atoms with Gasteiger partial charge >= 0.3 is 5.97 Å². The topological polar surface area (TPSA) is 58.6 Å². The van der Waals surface area contributed by atoms with Gasteiger partial charge in [0.05, 0.1) is 6.61 Å². The van der Waals surface area contributed by atoms with Crippen LogP contribution in [0.4, 0.5) is 0 Å². The minimum Gasteiger partial charge on any atom is -0.480 e. The Balaban J connectivity index is 2.30. The lowest BCUT2D eigenvalue weighted by molar-refractivity contribution is -0.148. The Morgan fingerprint density at radius 1 is 1.67 bits per heavy atom. The van der Waals surface area contributed by atoms with Crippen LogP contribution in [0.3, 0.4) is 0 Å². The molecule has 0 amide bonds. The van der Waals surface area contributed by atoms with E-state index in [2.05, 4.69) is 5.32 Å². The van der Waals surface area contributed by atoms with Crippen molar-refractivity contribution in [1.82, 2.24) is 5.32 Å². The maximum atomic E-state index is 10.8. The minimum atomic E-state index is -0.732. The Hall–Kier alpha value is -0.610. The average Bonchev–Trinajstić information content (AvgIpc) is 1.94. The maximum absolute atomic E-state index is 10.8. The molecule has 0 heterocycles. The number of carboxylic acids is 1. The molecule has 0 aromatic carbocycles. The van der Waals surface area contributed by atoms with Crippen molar-refractivity contribution >= 4 is 5.97 Å². The minimum absolute atomic E-state index is 0.565. The molecule has 0 spiro atoms. The first-order valence-corrected chi connectivity index (χ1v) is 4.19. The summed E-state index contributed by atoms with van der Waals surface area (Å²) in [6, 6.07) is 0. The van der Waals surface area contributed by atoms with Gasteiger partial charge in [0, 0.05) is 13.7 Å². The molecule has 70 valence electrons. The van der Waals surface area contributed by atoms with Gasteiger partial charge in [-0.05, 0) is 19.3 Å². The average molecular weight is 173 g/mol. The molecule has 0 bridgehead atoms. The van der Waals surface area contributed by atoms with Gasteiger partial charge < -0.3 is 9.84 Å². The van der Waals surface area contributed by atoms with E-state index in [1.165, 1.54) is 0 Å². The maximum Gasteiger partial charge on any atom is 0.323 e. The molecule has 0 aliphatic heterocycles. The number of rotatable bonds is 5. The van der Waals surface area contributed by atoms with Crippen molar-refractivity contribution in [2.75, 3.05) is 20.3 Å². The molecule has 2 N–H and O–H groups in total. The SMILES string of the molecule is COCCNC1(C(=O)O)CCC1. The molecule has 0 aromatic rings. The van der Waals surface area contributed by atoms with Crippen molar-refractivity contribution in [3.05, 3.63) is 0 Å². The van der Waals surface area contributed by atoms with Crippen LogP contribution in [0.15, 0.2) is 0 Å². The highest BCUT2D eigenvalue weighted by Crippen LogP contribution is 2.31. The first-order valence-electron chi connectivity index (χ1n) is 4.19. The zero-order valence-electron chi connectivity index (χ0n) is 7.30. The summed E-state index contributed by atoms with van der Waals surface area (Å²) in [5.41, 5.74) is -0.640. The van der Waals surface area contributed by atoms with Crippen LogP contribution in [-0.4, -0.2) is 36.9 Å². The van der Waals surface area contributed by atoms with Crippen LogP contribution >= 0.6 is 0 Å². The summed E-state index contributed by atoms with van der Waals surface area (Å²) in [5.74, 6) is -0.732. The van der Waals surface area contributed by atoms with Gasteiger partial charge in [0.2, 0.25) is 0 Å².